The van der Waals surface area contributed by atoms with Crippen LogP contribution in [0, 0.1) is 19.3 Å². The topological polar surface area (TPSA) is 9.23 Å². The second-order valence-electron chi connectivity index (χ2n) is 5.72. The number of thiol groups is 1. The third-order valence-corrected chi connectivity index (χ3v) is 4.43. The third-order valence-electron chi connectivity index (χ3n) is 3.76. The SMILES string of the molecule is CCCC(CS)(CCC)COc1ccc(C)cc1C. The van der Waals surface area contributed by atoms with Gasteiger partial charge in [-0.1, -0.05) is 44.4 Å². The lowest BCUT2D eigenvalue weighted by molar-refractivity contribution is 0.143. The van der Waals surface area contributed by atoms with Crippen molar-refractivity contribution < 1.29 is 4.74 Å². The van der Waals surface area contributed by atoms with Gasteiger partial charge in [-0.15, -0.1) is 0 Å². The van der Waals surface area contributed by atoms with Gasteiger partial charge in [0.2, 0.25) is 0 Å². The van der Waals surface area contributed by atoms with Crippen molar-refractivity contribution in [3.63, 3.8) is 0 Å². The molecule has 19 heavy (non-hydrogen) atoms. The summed E-state index contributed by atoms with van der Waals surface area (Å²) in [6.45, 7) is 9.49. The molecule has 0 atom stereocenters. The minimum absolute atomic E-state index is 0.226. The molecule has 0 fully saturated rings. The monoisotopic (exact) mass is 280 g/mol. The molecule has 2 heteroatoms. The van der Waals surface area contributed by atoms with Gasteiger partial charge in [0.25, 0.3) is 0 Å². The minimum Gasteiger partial charge on any atom is -0.493 e. The van der Waals surface area contributed by atoms with Gasteiger partial charge in [0, 0.05) is 5.41 Å². The Morgan fingerprint density at radius 3 is 2.21 bits per heavy atom. The van der Waals surface area contributed by atoms with E-state index in [-0.39, 0.29) is 5.41 Å². The summed E-state index contributed by atoms with van der Waals surface area (Å²) in [6.07, 6.45) is 4.76. The van der Waals surface area contributed by atoms with Gasteiger partial charge in [0.05, 0.1) is 6.61 Å². The maximum atomic E-state index is 6.10. The predicted molar refractivity (Wildman–Crippen MR) is 87.5 cm³/mol. The average molecular weight is 280 g/mol. The normalized spacial score (nSPS) is 11.6. The molecule has 0 bridgehead atoms. The zero-order valence-corrected chi connectivity index (χ0v) is 13.7. The fourth-order valence-corrected chi connectivity index (χ4v) is 3.13. The first kappa shape index (κ1) is 16.4. The lowest BCUT2D eigenvalue weighted by Gasteiger charge is -2.32. The van der Waals surface area contributed by atoms with Crippen LogP contribution in [-0.2, 0) is 0 Å². The van der Waals surface area contributed by atoms with Crippen LogP contribution in [-0.4, -0.2) is 12.4 Å². The van der Waals surface area contributed by atoms with Crippen molar-refractivity contribution in [1.82, 2.24) is 0 Å². The molecule has 0 radical (unpaired) electrons. The summed E-state index contributed by atoms with van der Waals surface area (Å²) >= 11 is 4.58. The smallest absolute Gasteiger partial charge is 0.122 e. The predicted octanol–water partition coefficient (Wildman–Crippen LogP) is 5.20. The van der Waals surface area contributed by atoms with Crippen LogP contribution in [0.1, 0.15) is 50.7 Å². The van der Waals surface area contributed by atoms with E-state index >= 15 is 0 Å². The Kier molecular flexibility index (Phi) is 6.78. The number of hydrogen-bond donors (Lipinski definition) is 1. The van der Waals surface area contributed by atoms with Gasteiger partial charge < -0.3 is 4.74 Å². The molecule has 0 aromatic heterocycles. The highest BCUT2D eigenvalue weighted by atomic mass is 32.1. The summed E-state index contributed by atoms with van der Waals surface area (Å²) in [7, 11) is 0. The first-order valence-corrected chi connectivity index (χ1v) is 8.01. The van der Waals surface area contributed by atoms with E-state index < -0.39 is 0 Å². The van der Waals surface area contributed by atoms with Crippen molar-refractivity contribution in [2.24, 2.45) is 5.41 Å². The fraction of sp³-hybridized carbons (Fsp3) is 0.647. The highest BCUT2D eigenvalue weighted by molar-refractivity contribution is 7.80. The first-order valence-electron chi connectivity index (χ1n) is 7.38. The van der Waals surface area contributed by atoms with E-state index in [0.717, 1.165) is 18.1 Å². The van der Waals surface area contributed by atoms with E-state index in [0.29, 0.717) is 0 Å². The second kappa shape index (κ2) is 7.84. The molecule has 0 saturated heterocycles. The number of aryl methyl sites for hydroxylation is 2. The zero-order chi connectivity index (χ0) is 14.3. The van der Waals surface area contributed by atoms with Gasteiger partial charge in [-0.25, -0.2) is 0 Å². The third kappa shape index (κ3) is 4.76. The Bertz CT molecular complexity index is 381. The summed E-state index contributed by atoms with van der Waals surface area (Å²) < 4.78 is 6.10. The van der Waals surface area contributed by atoms with E-state index in [4.69, 9.17) is 4.74 Å². The van der Waals surface area contributed by atoms with Crippen LogP contribution in [0.5, 0.6) is 5.75 Å². The van der Waals surface area contributed by atoms with Crippen LogP contribution in [0.25, 0.3) is 0 Å². The highest BCUT2D eigenvalue weighted by Gasteiger charge is 2.28. The Hall–Kier alpha value is -0.630. The summed E-state index contributed by atoms with van der Waals surface area (Å²) in [6, 6.07) is 6.38. The van der Waals surface area contributed by atoms with Crippen LogP contribution in [0.15, 0.2) is 18.2 Å². The zero-order valence-electron chi connectivity index (χ0n) is 12.8. The van der Waals surface area contributed by atoms with E-state index in [1.54, 1.807) is 0 Å². The van der Waals surface area contributed by atoms with Gasteiger partial charge in [-0.3, -0.25) is 0 Å². The fourth-order valence-electron chi connectivity index (χ4n) is 2.73. The molecular formula is C17H28OS. The van der Waals surface area contributed by atoms with Gasteiger partial charge in [-0.05, 0) is 44.1 Å². The van der Waals surface area contributed by atoms with Crippen molar-refractivity contribution in [3.8, 4) is 5.75 Å². The molecule has 0 heterocycles. The number of ether oxygens (including phenoxy) is 1. The Morgan fingerprint density at radius 2 is 1.74 bits per heavy atom. The minimum atomic E-state index is 0.226. The Balaban J connectivity index is 2.74. The maximum absolute atomic E-state index is 6.10. The Labute approximate surface area is 124 Å². The highest BCUT2D eigenvalue weighted by Crippen LogP contribution is 2.33. The summed E-state index contributed by atoms with van der Waals surface area (Å²) in [4.78, 5) is 0. The van der Waals surface area contributed by atoms with Crippen LogP contribution in [0.2, 0.25) is 0 Å². The molecule has 0 amide bonds. The summed E-state index contributed by atoms with van der Waals surface area (Å²) in [5, 5.41) is 0. The van der Waals surface area contributed by atoms with Crippen molar-refractivity contribution in [2.45, 2.75) is 53.4 Å². The number of benzene rings is 1. The molecular weight excluding hydrogens is 252 g/mol. The maximum Gasteiger partial charge on any atom is 0.122 e. The van der Waals surface area contributed by atoms with E-state index in [1.807, 2.05) is 0 Å². The largest absolute Gasteiger partial charge is 0.493 e. The lowest BCUT2D eigenvalue weighted by atomic mass is 9.82. The molecule has 0 aliphatic heterocycles. The first-order chi connectivity index (χ1) is 9.06. The van der Waals surface area contributed by atoms with E-state index in [2.05, 4.69) is 58.5 Å². The van der Waals surface area contributed by atoms with Crippen LogP contribution in [0.3, 0.4) is 0 Å². The van der Waals surface area contributed by atoms with Crippen LogP contribution < -0.4 is 4.74 Å². The van der Waals surface area contributed by atoms with Crippen molar-refractivity contribution in [2.75, 3.05) is 12.4 Å². The lowest BCUT2D eigenvalue weighted by Crippen LogP contribution is -2.30. The molecule has 108 valence electrons. The van der Waals surface area contributed by atoms with Gasteiger partial charge >= 0.3 is 0 Å². The number of rotatable bonds is 8. The molecule has 0 unspecified atom stereocenters. The molecule has 1 nitrogen and oxygen atoms in total. The van der Waals surface area contributed by atoms with Crippen LogP contribution >= 0.6 is 12.6 Å². The van der Waals surface area contributed by atoms with Gasteiger partial charge in [-0.2, -0.15) is 12.6 Å². The summed E-state index contributed by atoms with van der Waals surface area (Å²) in [5.74, 6) is 1.92. The van der Waals surface area contributed by atoms with Crippen molar-refractivity contribution >= 4 is 12.6 Å². The number of hydrogen-bond acceptors (Lipinski definition) is 2. The Morgan fingerprint density at radius 1 is 1.11 bits per heavy atom. The van der Waals surface area contributed by atoms with Gasteiger partial charge in [0.1, 0.15) is 5.75 Å². The van der Waals surface area contributed by atoms with Crippen molar-refractivity contribution in [1.29, 1.82) is 0 Å². The molecule has 1 aromatic rings. The molecule has 0 N–H and O–H groups in total. The quantitative estimate of drug-likeness (QED) is 0.644. The molecule has 0 aliphatic carbocycles. The van der Waals surface area contributed by atoms with Gasteiger partial charge in [0.15, 0.2) is 0 Å². The molecule has 1 aromatic carbocycles. The van der Waals surface area contributed by atoms with E-state index in [1.165, 1.54) is 36.8 Å². The van der Waals surface area contributed by atoms with Crippen LogP contribution in [0.4, 0.5) is 0 Å². The summed E-state index contributed by atoms with van der Waals surface area (Å²) in [5.41, 5.74) is 2.73. The standard InChI is InChI=1S/C17H28OS/c1-5-9-17(13-19,10-6-2)12-18-16-8-7-14(3)11-15(16)4/h7-8,11,19H,5-6,9-10,12-13H2,1-4H3. The average Bonchev–Trinajstić information content (AvgIpc) is 2.38. The molecule has 1 rings (SSSR count). The molecule has 0 aliphatic rings. The van der Waals surface area contributed by atoms with E-state index in [9.17, 15) is 0 Å². The molecule has 0 spiro atoms. The second-order valence-corrected chi connectivity index (χ2v) is 6.03. The van der Waals surface area contributed by atoms with Crippen molar-refractivity contribution in [3.05, 3.63) is 29.3 Å². The molecule has 0 saturated carbocycles.